The molecule has 1 aromatic carbocycles. The van der Waals surface area contributed by atoms with Crippen LogP contribution in [0.15, 0.2) is 47.0 Å². The average Bonchev–Trinajstić information content (AvgIpc) is 3.24. The zero-order chi connectivity index (χ0) is 25.7. The molecule has 2 heterocycles. The minimum atomic E-state index is -0.771. The van der Waals surface area contributed by atoms with E-state index in [0.29, 0.717) is 47.0 Å². The number of ether oxygens (including phenoxy) is 2. The first-order valence-corrected chi connectivity index (χ1v) is 12.1. The van der Waals surface area contributed by atoms with Crippen LogP contribution in [-0.4, -0.2) is 33.4 Å². The summed E-state index contributed by atoms with van der Waals surface area (Å²) < 4.78 is 17.1. The SMILES string of the molecule is Cc1nc(-c2onc(C)c2COC(=O)N[C@H](C)c2ccccc2)ccc1O[C@H]1CCC[C@H](C(=O)O)C1. The molecule has 9 heteroatoms. The number of benzene rings is 1. The van der Waals surface area contributed by atoms with E-state index in [0.717, 1.165) is 18.4 Å². The van der Waals surface area contributed by atoms with Crippen molar-refractivity contribution in [1.82, 2.24) is 15.5 Å². The number of aliphatic carboxylic acids is 1. The first kappa shape index (κ1) is 25.2. The molecule has 1 fully saturated rings. The molecule has 0 radical (unpaired) electrons. The number of hydrogen-bond donors (Lipinski definition) is 2. The third-order valence-corrected chi connectivity index (χ3v) is 6.51. The maximum atomic E-state index is 12.4. The highest BCUT2D eigenvalue weighted by Crippen LogP contribution is 2.31. The Labute approximate surface area is 209 Å². The number of rotatable bonds is 8. The lowest BCUT2D eigenvalue weighted by atomic mass is 9.87. The van der Waals surface area contributed by atoms with Crippen molar-refractivity contribution in [2.75, 3.05) is 0 Å². The van der Waals surface area contributed by atoms with Crippen molar-refractivity contribution in [2.45, 2.75) is 65.2 Å². The van der Waals surface area contributed by atoms with Crippen LogP contribution in [0.3, 0.4) is 0 Å². The van der Waals surface area contributed by atoms with Gasteiger partial charge >= 0.3 is 12.1 Å². The van der Waals surface area contributed by atoms with Gasteiger partial charge in [-0.3, -0.25) is 4.79 Å². The highest BCUT2D eigenvalue weighted by molar-refractivity contribution is 5.70. The van der Waals surface area contributed by atoms with Crippen LogP contribution in [0.25, 0.3) is 11.5 Å². The number of nitrogens with one attached hydrogen (secondary N) is 1. The first-order valence-electron chi connectivity index (χ1n) is 12.1. The molecule has 0 bridgehead atoms. The van der Waals surface area contributed by atoms with Gasteiger partial charge in [0.15, 0.2) is 5.76 Å². The Morgan fingerprint density at radius 1 is 1.14 bits per heavy atom. The van der Waals surface area contributed by atoms with Crippen molar-refractivity contribution in [3.63, 3.8) is 0 Å². The molecule has 2 aromatic heterocycles. The van der Waals surface area contributed by atoms with Crippen LogP contribution in [0.4, 0.5) is 4.79 Å². The summed E-state index contributed by atoms with van der Waals surface area (Å²) in [5.74, 6) is -0.108. The quantitative estimate of drug-likeness (QED) is 0.430. The molecule has 2 N–H and O–H groups in total. The molecule has 9 nitrogen and oxygen atoms in total. The number of nitrogens with zero attached hydrogens (tertiary/aromatic N) is 2. The molecule has 0 saturated heterocycles. The first-order chi connectivity index (χ1) is 17.3. The third kappa shape index (κ3) is 6.02. The second-order valence-electron chi connectivity index (χ2n) is 9.15. The Balaban J connectivity index is 1.40. The molecule has 3 aromatic rings. The topological polar surface area (TPSA) is 124 Å². The number of aromatic nitrogens is 2. The summed E-state index contributed by atoms with van der Waals surface area (Å²) in [6.07, 6.45) is 2.12. The van der Waals surface area contributed by atoms with Crippen LogP contribution in [0.2, 0.25) is 0 Å². The Morgan fingerprint density at radius 3 is 2.64 bits per heavy atom. The van der Waals surface area contributed by atoms with Gasteiger partial charge in [0.05, 0.1) is 35.0 Å². The predicted molar refractivity (Wildman–Crippen MR) is 131 cm³/mol. The fourth-order valence-corrected chi connectivity index (χ4v) is 4.40. The van der Waals surface area contributed by atoms with E-state index in [4.69, 9.17) is 14.0 Å². The van der Waals surface area contributed by atoms with Crippen molar-refractivity contribution in [3.05, 3.63) is 65.0 Å². The van der Waals surface area contributed by atoms with Crippen LogP contribution < -0.4 is 10.1 Å². The van der Waals surface area contributed by atoms with Gasteiger partial charge in [0.25, 0.3) is 0 Å². The molecule has 4 rings (SSSR count). The molecule has 0 spiro atoms. The highest BCUT2D eigenvalue weighted by Gasteiger charge is 2.28. The second-order valence-corrected chi connectivity index (χ2v) is 9.15. The minimum Gasteiger partial charge on any atom is -0.489 e. The Kier molecular flexibility index (Phi) is 7.87. The standard InChI is InChI=1S/C27H31N3O6/c1-16(19-8-5-4-6-9-19)29-27(33)34-15-22-17(2)30-36-25(22)23-12-13-24(18(3)28-23)35-21-11-7-10-20(14-21)26(31)32/h4-6,8-9,12-13,16,20-21H,7,10-11,14-15H2,1-3H3,(H,29,33)(H,31,32)/t16-,20+,21+/m1/s1. The average molecular weight is 494 g/mol. The van der Waals surface area contributed by atoms with Crippen LogP contribution in [0.1, 0.15) is 61.2 Å². The number of amides is 1. The molecule has 190 valence electrons. The van der Waals surface area contributed by atoms with Crippen molar-refractivity contribution in [1.29, 1.82) is 0 Å². The molecular formula is C27H31N3O6. The van der Waals surface area contributed by atoms with Crippen molar-refractivity contribution in [2.24, 2.45) is 5.92 Å². The number of carboxylic acids is 1. The summed E-state index contributed by atoms with van der Waals surface area (Å²) in [6.45, 7) is 5.48. The van der Waals surface area contributed by atoms with E-state index in [2.05, 4.69) is 15.5 Å². The molecule has 3 atom stereocenters. The van der Waals surface area contributed by atoms with E-state index in [1.807, 2.05) is 44.2 Å². The molecular weight excluding hydrogens is 462 g/mol. The number of pyridine rings is 1. The van der Waals surface area contributed by atoms with E-state index in [1.54, 1.807) is 19.1 Å². The van der Waals surface area contributed by atoms with Gasteiger partial charge in [-0.15, -0.1) is 0 Å². The molecule has 1 aliphatic carbocycles. The van der Waals surface area contributed by atoms with Crippen molar-refractivity contribution in [3.8, 4) is 17.2 Å². The number of aryl methyl sites for hydroxylation is 2. The zero-order valence-corrected chi connectivity index (χ0v) is 20.7. The van der Waals surface area contributed by atoms with Gasteiger partial charge in [-0.05, 0) is 64.2 Å². The van der Waals surface area contributed by atoms with Crippen LogP contribution in [0, 0.1) is 19.8 Å². The van der Waals surface area contributed by atoms with Gasteiger partial charge in [-0.2, -0.15) is 0 Å². The minimum absolute atomic E-state index is 0.0182. The Bertz CT molecular complexity index is 1210. The number of alkyl carbamates (subject to hydrolysis) is 1. The van der Waals surface area contributed by atoms with Gasteiger partial charge in [-0.1, -0.05) is 35.5 Å². The highest BCUT2D eigenvalue weighted by atomic mass is 16.5. The van der Waals surface area contributed by atoms with E-state index < -0.39 is 12.1 Å². The molecule has 0 unspecified atom stereocenters. The van der Waals surface area contributed by atoms with Gasteiger partial charge in [0, 0.05) is 0 Å². The third-order valence-electron chi connectivity index (χ3n) is 6.51. The Morgan fingerprint density at radius 2 is 1.92 bits per heavy atom. The lowest BCUT2D eigenvalue weighted by Crippen LogP contribution is -2.29. The van der Waals surface area contributed by atoms with E-state index in [1.165, 1.54) is 0 Å². The Hall–Kier alpha value is -3.88. The van der Waals surface area contributed by atoms with Gasteiger partial charge < -0.3 is 24.4 Å². The molecule has 0 aliphatic heterocycles. The molecule has 36 heavy (non-hydrogen) atoms. The monoisotopic (exact) mass is 493 g/mol. The van der Waals surface area contributed by atoms with Crippen LogP contribution >= 0.6 is 0 Å². The van der Waals surface area contributed by atoms with Crippen LogP contribution in [0.5, 0.6) is 5.75 Å². The fourth-order valence-electron chi connectivity index (χ4n) is 4.40. The van der Waals surface area contributed by atoms with E-state index in [9.17, 15) is 14.7 Å². The molecule has 1 amide bonds. The van der Waals surface area contributed by atoms with Crippen molar-refractivity contribution >= 4 is 12.1 Å². The summed E-state index contributed by atoms with van der Waals surface area (Å²) in [6, 6.07) is 13.0. The largest absolute Gasteiger partial charge is 0.489 e. The summed E-state index contributed by atoms with van der Waals surface area (Å²) in [4.78, 5) is 28.4. The second kappa shape index (κ2) is 11.2. The summed E-state index contributed by atoms with van der Waals surface area (Å²) in [5.41, 5.74) is 3.42. The number of carboxylic acid groups (broad SMARTS) is 1. The van der Waals surface area contributed by atoms with Crippen molar-refractivity contribution < 1.29 is 28.7 Å². The summed E-state index contributed by atoms with van der Waals surface area (Å²) in [5, 5.41) is 16.2. The normalized spacial score (nSPS) is 18.3. The zero-order valence-electron chi connectivity index (χ0n) is 20.7. The number of hydrogen-bond acceptors (Lipinski definition) is 7. The number of carbonyl (C=O) groups is 2. The summed E-state index contributed by atoms with van der Waals surface area (Å²) in [7, 11) is 0. The maximum Gasteiger partial charge on any atom is 0.407 e. The van der Waals surface area contributed by atoms with E-state index in [-0.39, 0.29) is 24.7 Å². The lowest BCUT2D eigenvalue weighted by Gasteiger charge is -2.27. The predicted octanol–water partition coefficient (Wildman–Crippen LogP) is 5.36. The van der Waals surface area contributed by atoms with E-state index >= 15 is 0 Å². The maximum absolute atomic E-state index is 12.4. The van der Waals surface area contributed by atoms with Gasteiger partial charge in [0.1, 0.15) is 18.1 Å². The number of carbonyl (C=O) groups excluding carboxylic acids is 1. The van der Waals surface area contributed by atoms with Gasteiger partial charge in [-0.25, -0.2) is 9.78 Å². The van der Waals surface area contributed by atoms with Crippen LogP contribution in [-0.2, 0) is 16.1 Å². The lowest BCUT2D eigenvalue weighted by molar-refractivity contribution is -0.143. The molecule has 1 saturated carbocycles. The fraction of sp³-hybridized carbons (Fsp3) is 0.407. The molecule has 1 aliphatic rings. The van der Waals surface area contributed by atoms with Gasteiger partial charge in [0.2, 0.25) is 0 Å². The summed E-state index contributed by atoms with van der Waals surface area (Å²) >= 11 is 0. The smallest absolute Gasteiger partial charge is 0.407 e.